The maximum Gasteiger partial charge on any atom is 0.338 e. The molecule has 0 N–H and O–H groups in total. The Morgan fingerprint density at radius 2 is 1.83 bits per heavy atom. The number of nitrogens with zero attached hydrogens (tertiary/aromatic N) is 2. The molecule has 2 amide bonds. The van der Waals surface area contributed by atoms with E-state index in [1.807, 2.05) is 0 Å². The van der Waals surface area contributed by atoms with E-state index >= 15 is 0 Å². The molecule has 122 valence electrons. The van der Waals surface area contributed by atoms with Crippen LogP contribution in [0, 0.1) is 0 Å². The molecule has 0 saturated carbocycles. The predicted molar refractivity (Wildman–Crippen MR) is 84.1 cm³/mol. The summed E-state index contributed by atoms with van der Waals surface area (Å²) >= 11 is 0. The zero-order valence-electron chi connectivity index (χ0n) is 13.2. The van der Waals surface area contributed by atoms with Crippen LogP contribution >= 0.6 is 0 Å². The number of benzene rings is 1. The second-order valence-electron chi connectivity index (χ2n) is 5.80. The van der Waals surface area contributed by atoms with Gasteiger partial charge in [0, 0.05) is 0 Å². The van der Waals surface area contributed by atoms with Gasteiger partial charge in [-0.3, -0.25) is 14.5 Å². The first-order valence-electron chi connectivity index (χ1n) is 8.00. The minimum atomic E-state index is -0.409. The highest BCUT2D eigenvalue weighted by Crippen LogP contribution is 2.27. The maximum atomic E-state index is 12.6. The van der Waals surface area contributed by atoms with Crippen LogP contribution in [-0.2, 0) is 14.3 Å². The van der Waals surface area contributed by atoms with Crippen molar-refractivity contribution >= 4 is 23.5 Å². The van der Waals surface area contributed by atoms with Gasteiger partial charge in [-0.25, -0.2) is 9.69 Å². The Hall–Kier alpha value is -2.21. The van der Waals surface area contributed by atoms with Crippen LogP contribution in [0.5, 0.6) is 0 Å². The molecule has 3 rings (SSSR count). The molecule has 0 radical (unpaired) electrons. The van der Waals surface area contributed by atoms with E-state index in [1.54, 1.807) is 31.2 Å². The third kappa shape index (κ3) is 2.99. The van der Waals surface area contributed by atoms with Crippen LogP contribution in [0.4, 0.5) is 5.69 Å². The zero-order chi connectivity index (χ0) is 16.4. The SMILES string of the molecule is CCOC(=O)c1ccc(N2C(=O)C[C@H](N3CCCC3)C2=O)cc1. The highest BCUT2D eigenvalue weighted by Gasteiger charge is 2.43. The molecular formula is C17H20N2O4. The smallest absolute Gasteiger partial charge is 0.338 e. The number of hydrogen-bond acceptors (Lipinski definition) is 5. The van der Waals surface area contributed by atoms with Gasteiger partial charge in [0.15, 0.2) is 0 Å². The average molecular weight is 316 g/mol. The maximum absolute atomic E-state index is 12.6. The normalized spacial score (nSPS) is 22.0. The molecular weight excluding hydrogens is 296 g/mol. The highest BCUT2D eigenvalue weighted by molar-refractivity contribution is 6.22. The van der Waals surface area contributed by atoms with Crippen molar-refractivity contribution in [3.8, 4) is 0 Å². The molecule has 1 aromatic rings. The molecule has 23 heavy (non-hydrogen) atoms. The molecule has 0 spiro atoms. The predicted octanol–water partition coefficient (Wildman–Crippen LogP) is 1.59. The van der Waals surface area contributed by atoms with E-state index in [-0.39, 0.29) is 24.3 Å². The van der Waals surface area contributed by atoms with Crippen molar-refractivity contribution in [2.24, 2.45) is 0 Å². The van der Waals surface area contributed by atoms with Crippen LogP contribution in [0.25, 0.3) is 0 Å². The van der Waals surface area contributed by atoms with Crippen molar-refractivity contribution in [2.45, 2.75) is 32.2 Å². The molecule has 0 aliphatic carbocycles. The number of carbonyl (C=O) groups is 3. The summed E-state index contributed by atoms with van der Waals surface area (Å²) < 4.78 is 4.93. The summed E-state index contributed by atoms with van der Waals surface area (Å²) in [6.45, 7) is 3.80. The standard InChI is InChI=1S/C17H20N2O4/c1-2-23-17(22)12-5-7-13(8-6-12)19-15(20)11-14(16(19)21)18-9-3-4-10-18/h5-8,14H,2-4,9-11H2,1H3/t14-/m0/s1. The van der Waals surface area contributed by atoms with E-state index in [1.165, 1.54) is 4.90 Å². The summed E-state index contributed by atoms with van der Waals surface area (Å²) in [6, 6.07) is 6.06. The highest BCUT2D eigenvalue weighted by atomic mass is 16.5. The summed E-state index contributed by atoms with van der Waals surface area (Å²) in [5, 5.41) is 0. The molecule has 0 aromatic heterocycles. The summed E-state index contributed by atoms with van der Waals surface area (Å²) in [6.07, 6.45) is 2.39. The Labute approximate surface area is 135 Å². The Bertz CT molecular complexity index is 620. The van der Waals surface area contributed by atoms with Crippen molar-refractivity contribution in [2.75, 3.05) is 24.6 Å². The summed E-state index contributed by atoms with van der Waals surface area (Å²) in [7, 11) is 0. The molecule has 0 bridgehead atoms. The van der Waals surface area contributed by atoms with Crippen molar-refractivity contribution in [3.05, 3.63) is 29.8 Å². The number of anilines is 1. The van der Waals surface area contributed by atoms with E-state index in [9.17, 15) is 14.4 Å². The van der Waals surface area contributed by atoms with E-state index in [4.69, 9.17) is 4.74 Å². The molecule has 2 saturated heterocycles. The van der Waals surface area contributed by atoms with Crippen LogP contribution in [0.1, 0.15) is 36.5 Å². The van der Waals surface area contributed by atoms with Gasteiger partial charge in [0.1, 0.15) is 0 Å². The van der Waals surface area contributed by atoms with E-state index < -0.39 is 5.97 Å². The molecule has 1 aromatic carbocycles. The summed E-state index contributed by atoms with van der Waals surface area (Å²) in [4.78, 5) is 39.8. The van der Waals surface area contributed by atoms with Crippen molar-refractivity contribution in [1.82, 2.24) is 4.90 Å². The molecule has 1 atom stereocenters. The fraction of sp³-hybridized carbons (Fsp3) is 0.471. The number of amides is 2. The van der Waals surface area contributed by atoms with Crippen molar-refractivity contribution in [1.29, 1.82) is 0 Å². The topological polar surface area (TPSA) is 66.9 Å². The van der Waals surface area contributed by atoms with Gasteiger partial charge in [-0.1, -0.05) is 0 Å². The van der Waals surface area contributed by atoms with Gasteiger partial charge >= 0.3 is 5.97 Å². The number of esters is 1. The van der Waals surface area contributed by atoms with Crippen LogP contribution in [0.15, 0.2) is 24.3 Å². The Kier molecular flexibility index (Phi) is 4.43. The van der Waals surface area contributed by atoms with Crippen LogP contribution in [0.3, 0.4) is 0 Å². The zero-order valence-corrected chi connectivity index (χ0v) is 13.2. The van der Waals surface area contributed by atoms with Gasteiger partial charge < -0.3 is 4.74 Å². The molecule has 6 heteroatoms. The number of imide groups is 1. The third-order valence-electron chi connectivity index (χ3n) is 4.34. The van der Waals surface area contributed by atoms with E-state index in [0.717, 1.165) is 25.9 Å². The molecule has 2 heterocycles. The molecule has 2 aliphatic rings. The monoisotopic (exact) mass is 316 g/mol. The quantitative estimate of drug-likeness (QED) is 0.623. The second kappa shape index (κ2) is 6.50. The number of likely N-dealkylation sites (tertiary alicyclic amines) is 1. The summed E-state index contributed by atoms with van der Waals surface area (Å²) in [5.74, 6) is -0.760. The van der Waals surface area contributed by atoms with Gasteiger partial charge in [-0.05, 0) is 57.1 Å². The molecule has 6 nitrogen and oxygen atoms in total. The van der Waals surface area contributed by atoms with Gasteiger partial charge in [-0.2, -0.15) is 0 Å². The Morgan fingerprint density at radius 1 is 1.17 bits per heavy atom. The lowest BCUT2D eigenvalue weighted by Crippen LogP contribution is -2.40. The first-order valence-corrected chi connectivity index (χ1v) is 8.00. The Balaban J connectivity index is 1.77. The van der Waals surface area contributed by atoms with Gasteiger partial charge in [0.05, 0.1) is 30.3 Å². The summed E-state index contributed by atoms with van der Waals surface area (Å²) in [5.41, 5.74) is 0.917. The van der Waals surface area contributed by atoms with Crippen LogP contribution in [-0.4, -0.2) is 48.4 Å². The van der Waals surface area contributed by atoms with E-state index in [0.29, 0.717) is 17.9 Å². The Morgan fingerprint density at radius 3 is 2.43 bits per heavy atom. The fourth-order valence-electron chi connectivity index (χ4n) is 3.19. The lowest BCUT2D eigenvalue weighted by atomic mass is 10.2. The molecule has 2 fully saturated rings. The molecule has 0 unspecified atom stereocenters. The van der Waals surface area contributed by atoms with Crippen LogP contribution in [0.2, 0.25) is 0 Å². The van der Waals surface area contributed by atoms with Gasteiger partial charge in [-0.15, -0.1) is 0 Å². The van der Waals surface area contributed by atoms with E-state index in [2.05, 4.69) is 4.90 Å². The van der Waals surface area contributed by atoms with Crippen molar-refractivity contribution in [3.63, 3.8) is 0 Å². The van der Waals surface area contributed by atoms with Gasteiger partial charge in [0.2, 0.25) is 5.91 Å². The van der Waals surface area contributed by atoms with Crippen molar-refractivity contribution < 1.29 is 19.1 Å². The number of carbonyl (C=O) groups excluding carboxylic acids is 3. The van der Waals surface area contributed by atoms with Crippen LogP contribution < -0.4 is 4.90 Å². The number of hydrogen-bond donors (Lipinski definition) is 0. The second-order valence-corrected chi connectivity index (χ2v) is 5.80. The minimum Gasteiger partial charge on any atom is -0.462 e. The number of ether oxygens (including phenoxy) is 1. The lowest BCUT2D eigenvalue weighted by Gasteiger charge is -2.21. The largest absolute Gasteiger partial charge is 0.462 e. The lowest BCUT2D eigenvalue weighted by molar-refractivity contribution is -0.122. The fourth-order valence-corrected chi connectivity index (χ4v) is 3.19. The minimum absolute atomic E-state index is 0.166. The van der Waals surface area contributed by atoms with Gasteiger partial charge in [0.25, 0.3) is 5.91 Å². The number of rotatable bonds is 4. The first kappa shape index (κ1) is 15.7. The molecule has 2 aliphatic heterocycles. The first-order chi connectivity index (χ1) is 11.1. The third-order valence-corrected chi connectivity index (χ3v) is 4.34. The average Bonchev–Trinajstić information content (AvgIpc) is 3.16.